The molecule has 0 aliphatic carbocycles. The van der Waals surface area contributed by atoms with Crippen LogP contribution in [0.5, 0.6) is 0 Å². The molecule has 2 aromatic rings. The molecule has 1 unspecified atom stereocenters. The van der Waals surface area contributed by atoms with Crippen LogP contribution in [0.1, 0.15) is 36.8 Å². The predicted molar refractivity (Wildman–Crippen MR) is 66.5 cm³/mol. The Morgan fingerprint density at radius 2 is 2.35 bits per heavy atom. The van der Waals surface area contributed by atoms with Crippen molar-refractivity contribution in [1.82, 2.24) is 19.9 Å². The van der Waals surface area contributed by atoms with Gasteiger partial charge in [-0.2, -0.15) is 0 Å². The summed E-state index contributed by atoms with van der Waals surface area (Å²) in [5.41, 5.74) is 0.956. The number of thiazole rings is 1. The van der Waals surface area contributed by atoms with E-state index in [0.717, 1.165) is 10.7 Å². The van der Waals surface area contributed by atoms with Crippen LogP contribution in [0.3, 0.4) is 0 Å². The highest BCUT2D eigenvalue weighted by Crippen LogP contribution is 2.19. The van der Waals surface area contributed by atoms with Gasteiger partial charge in [-0.25, -0.2) is 9.97 Å². The SMILES string of the molecule is CC(C)c1nc(CNC(O)n2ccnc2)cs1. The van der Waals surface area contributed by atoms with Crippen LogP contribution in [0.25, 0.3) is 0 Å². The highest BCUT2D eigenvalue weighted by molar-refractivity contribution is 7.09. The van der Waals surface area contributed by atoms with Crippen molar-refractivity contribution in [3.05, 3.63) is 34.8 Å². The first-order valence-electron chi connectivity index (χ1n) is 5.50. The van der Waals surface area contributed by atoms with Gasteiger partial charge in [0, 0.05) is 30.2 Å². The van der Waals surface area contributed by atoms with E-state index in [0.29, 0.717) is 12.5 Å². The molecular weight excluding hydrogens is 236 g/mol. The zero-order valence-corrected chi connectivity index (χ0v) is 10.7. The lowest BCUT2D eigenvalue weighted by Crippen LogP contribution is -2.25. The van der Waals surface area contributed by atoms with Gasteiger partial charge in [0.15, 0.2) is 6.35 Å². The molecule has 5 nitrogen and oxygen atoms in total. The van der Waals surface area contributed by atoms with Crippen LogP contribution in [0.4, 0.5) is 0 Å². The largest absolute Gasteiger partial charge is 0.361 e. The van der Waals surface area contributed by atoms with Crippen LogP contribution in [-0.4, -0.2) is 19.6 Å². The molecular formula is C11H16N4OS. The Bertz CT molecular complexity index is 452. The molecule has 17 heavy (non-hydrogen) atoms. The molecule has 2 heterocycles. The van der Waals surface area contributed by atoms with Gasteiger partial charge < -0.3 is 5.11 Å². The molecule has 2 rings (SSSR count). The predicted octanol–water partition coefficient (Wildman–Crippen LogP) is 1.70. The summed E-state index contributed by atoms with van der Waals surface area (Å²) in [6.07, 6.45) is 4.14. The first kappa shape index (κ1) is 12.2. The van der Waals surface area contributed by atoms with Crippen molar-refractivity contribution in [3.8, 4) is 0 Å². The monoisotopic (exact) mass is 252 g/mol. The van der Waals surface area contributed by atoms with Crippen molar-refractivity contribution in [2.24, 2.45) is 0 Å². The number of nitrogens with zero attached hydrogens (tertiary/aromatic N) is 3. The second kappa shape index (κ2) is 5.39. The van der Waals surface area contributed by atoms with Crippen LogP contribution < -0.4 is 5.32 Å². The quantitative estimate of drug-likeness (QED) is 0.795. The third-order valence-corrected chi connectivity index (χ3v) is 3.53. The van der Waals surface area contributed by atoms with Gasteiger partial charge in [-0.1, -0.05) is 13.8 Å². The number of hydrogen-bond acceptors (Lipinski definition) is 5. The Balaban J connectivity index is 1.89. The summed E-state index contributed by atoms with van der Waals surface area (Å²) in [5, 5.41) is 15.9. The number of aromatic nitrogens is 3. The fourth-order valence-corrected chi connectivity index (χ4v) is 2.22. The van der Waals surface area contributed by atoms with Gasteiger partial charge in [-0.05, 0) is 0 Å². The van der Waals surface area contributed by atoms with E-state index in [1.165, 1.54) is 0 Å². The number of aliphatic hydroxyl groups is 1. The summed E-state index contributed by atoms with van der Waals surface area (Å²) in [7, 11) is 0. The smallest absolute Gasteiger partial charge is 0.188 e. The topological polar surface area (TPSA) is 63.0 Å². The van der Waals surface area contributed by atoms with Crippen molar-refractivity contribution < 1.29 is 5.11 Å². The summed E-state index contributed by atoms with van der Waals surface area (Å²) in [4.78, 5) is 8.36. The Labute approximate surface area is 104 Å². The summed E-state index contributed by atoms with van der Waals surface area (Å²) in [6, 6.07) is 0. The van der Waals surface area contributed by atoms with Crippen molar-refractivity contribution >= 4 is 11.3 Å². The summed E-state index contributed by atoms with van der Waals surface area (Å²) in [6.45, 7) is 4.79. The Hall–Kier alpha value is -1.24. The van der Waals surface area contributed by atoms with E-state index < -0.39 is 6.35 Å². The summed E-state index contributed by atoms with van der Waals surface area (Å²) >= 11 is 1.65. The van der Waals surface area contributed by atoms with E-state index in [9.17, 15) is 5.11 Å². The number of rotatable bonds is 5. The van der Waals surface area contributed by atoms with Crippen molar-refractivity contribution in [2.75, 3.05) is 0 Å². The molecule has 0 aliphatic heterocycles. The van der Waals surface area contributed by atoms with Gasteiger partial charge >= 0.3 is 0 Å². The number of imidazole rings is 1. The minimum Gasteiger partial charge on any atom is -0.361 e. The number of nitrogens with one attached hydrogen (secondary N) is 1. The zero-order chi connectivity index (χ0) is 12.3. The minimum atomic E-state index is -0.762. The van der Waals surface area contributed by atoms with Crippen LogP contribution >= 0.6 is 11.3 Å². The van der Waals surface area contributed by atoms with Gasteiger partial charge in [0.2, 0.25) is 0 Å². The van der Waals surface area contributed by atoms with E-state index in [1.807, 2.05) is 5.38 Å². The van der Waals surface area contributed by atoms with E-state index >= 15 is 0 Å². The van der Waals surface area contributed by atoms with Crippen molar-refractivity contribution in [1.29, 1.82) is 0 Å². The Morgan fingerprint density at radius 1 is 1.53 bits per heavy atom. The van der Waals surface area contributed by atoms with Crippen LogP contribution in [-0.2, 0) is 6.54 Å². The third kappa shape index (κ3) is 3.12. The van der Waals surface area contributed by atoms with Crippen LogP contribution in [0.2, 0.25) is 0 Å². The molecule has 1 atom stereocenters. The van der Waals surface area contributed by atoms with Crippen LogP contribution in [0.15, 0.2) is 24.1 Å². The molecule has 0 aromatic carbocycles. The molecule has 0 amide bonds. The average molecular weight is 252 g/mol. The molecule has 0 aliphatic rings. The van der Waals surface area contributed by atoms with Crippen molar-refractivity contribution in [2.45, 2.75) is 32.7 Å². The van der Waals surface area contributed by atoms with E-state index in [2.05, 4.69) is 29.1 Å². The average Bonchev–Trinajstić information content (AvgIpc) is 2.97. The second-order valence-corrected chi connectivity index (χ2v) is 4.99. The normalized spacial score (nSPS) is 13.2. The zero-order valence-electron chi connectivity index (χ0n) is 9.87. The lowest BCUT2D eigenvalue weighted by atomic mass is 10.2. The number of aliphatic hydroxyl groups excluding tert-OH is 1. The molecule has 92 valence electrons. The van der Waals surface area contributed by atoms with Gasteiger partial charge in [0.1, 0.15) is 0 Å². The van der Waals surface area contributed by atoms with Gasteiger partial charge in [-0.3, -0.25) is 9.88 Å². The molecule has 0 radical (unpaired) electrons. The fraction of sp³-hybridized carbons (Fsp3) is 0.455. The van der Waals surface area contributed by atoms with Gasteiger partial charge in [-0.15, -0.1) is 11.3 Å². The Morgan fingerprint density at radius 3 is 2.94 bits per heavy atom. The van der Waals surface area contributed by atoms with Crippen LogP contribution in [0, 0.1) is 0 Å². The van der Waals surface area contributed by atoms with Crippen molar-refractivity contribution in [3.63, 3.8) is 0 Å². The summed E-state index contributed by atoms with van der Waals surface area (Å²) < 4.78 is 1.59. The molecule has 0 saturated carbocycles. The Kier molecular flexibility index (Phi) is 3.88. The maximum Gasteiger partial charge on any atom is 0.188 e. The van der Waals surface area contributed by atoms with E-state index in [1.54, 1.807) is 34.6 Å². The molecule has 0 fully saturated rings. The minimum absolute atomic E-state index is 0.451. The highest BCUT2D eigenvalue weighted by Gasteiger charge is 2.08. The summed E-state index contributed by atoms with van der Waals surface area (Å²) in [5.74, 6) is 0.451. The molecule has 2 aromatic heterocycles. The molecule has 0 saturated heterocycles. The third-order valence-electron chi connectivity index (χ3n) is 2.34. The first-order chi connectivity index (χ1) is 8.16. The highest BCUT2D eigenvalue weighted by atomic mass is 32.1. The molecule has 0 spiro atoms. The fourth-order valence-electron chi connectivity index (χ4n) is 1.38. The lowest BCUT2D eigenvalue weighted by molar-refractivity contribution is 0.0653. The first-order valence-corrected chi connectivity index (χ1v) is 6.38. The second-order valence-electron chi connectivity index (χ2n) is 4.10. The maximum atomic E-state index is 9.77. The van der Waals surface area contributed by atoms with Gasteiger partial charge in [0.25, 0.3) is 0 Å². The van der Waals surface area contributed by atoms with E-state index in [-0.39, 0.29) is 0 Å². The molecule has 6 heteroatoms. The lowest BCUT2D eigenvalue weighted by Gasteiger charge is -2.12. The molecule has 2 N–H and O–H groups in total. The maximum absolute atomic E-state index is 9.77. The standard InChI is InChI=1S/C11H16N4OS/c1-8(2)10-14-9(6-17-10)5-13-11(16)15-4-3-12-7-15/h3-4,6-8,11,13,16H,5H2,1-2H3. The van der Waals surface area contributed by atoms with Gasteiger partial charge in [0.05, 0.1) is 17.0 Å². The molecule has 0 bridgehead atoms. The van der Waals surface area contributed by atoms with E-state index in [4.69, 9.17) is 0 Å². The number of hydrogen-bond donors (Lipinski definition) is 2.